The van der Waals surface area contributed by atoms with E-state index < -0.39 is 6.04 Å². The summed E-state index contributed by atoms with van der Waals surface area (Å²) in [7, 11) is 0. The normalized spacial score (nSPS) is 12.9. The lowest BCUT2D eigenvalue weighted by Gasteiger charge is -2.16. The van der Waals surface area contributed by atoms with Crippen LogP contribution >= 0.6 is 11.6 Å². The van der Waals surface area contributed by atoms with Crippen LogP contribution in [0.25, 0.3) is 5.82 Å². The monoisotopic (exact) mass is 443 g/mol. The van der Waals surface area contributed by atoms with Crippen LogP contribution in [0.2, 0.25) is 5.02 Å². The molecule has 2 heterocycles. The van der Waals surface area contributed by atoms with E-state index in [1.807, 2.05) is 13.8 Å². The number of hydrogen-bond acceptors (Lipinski definition) is 6. The van der Waals surface area contributed by atoms with E-state index in [0.29, 0.717) is 22.4 Å². The molecular formula is C22H26ClN5O3. The summed E-state index contributed by atoms with van der Waals surface area (Å²) in [5.74, 6) is 0.703. The van der Waals surface area contributed by atoms with Crippen molar-refractivity contribution in [2.75, 3.05) is 18.5 Å². The number of anilines is 1. The zero-order valence-electron chi connectivity index (χ0n) is 17.4. The van der Waals surface area contributed by atoms with Gasteiger partial charge in [-0.2, -0.15) is 4.98 Å². The highest BCUT2D eigenvalue weighted by Crippen LogP contribution is 2.19. The molecule has 0 radical (unpaired) electrons. The van der Waals surface area contributed by atoms with Gasteiger partial charge in [0.1, 0.15) is 5.82 Å². The van der Waals surface area contributed by atoms with Crippen molar-refractivity contribution < 1.29 is 15.0 Å². The highest BCUT2D eigenvalue weighted by molar-refractivity contribution is 6.30. The quantitative estimate of drug-likeness (QED) is 0.404. The van der Waals surface area contributed by atoms with E-state index in [0.717, 1.165) is 17.5 Å². The lowest BCUT2D eigenvalue weighted by Crippen LogP contribution is -2.30. The number of aliphatic hydroxyl groups excluding tert-OH is 2. The lowest BCUT2D eigenvalue weighted by atomic mass is 10.1. The lowest BCUT2D eigenvalue weighted by molar-refractivity contribution is 0.0916. The molecule has 3 rings (SSSR count). The van der Waals surface area contributed by atoms with Crippen LogP contribution in [0.4, 0.5) is 5.95 Å². The summed E-state index contributed by atoms with van der Waals surface area (Å²) in [6.07, 6.45) is 5.83. The van der Waals surface area contributed by atoms with Gasteiger partial charge in [-0.15, -0.1) is 0 Å². The number of aliphatic hydroxyl groups is 2. The van der Waals surface area contributed by atoms with Crippen LogP contribution in [0.3, 0.4) is 0 Å². The smallest absolute Gasteiger partial charge is 0.253 e. The Balaban J connectivity index is 1.78. The van der Waals surface area contributed by atoms with Crippen LogP contribution in [0, 0.1) is 6.92 Å². The van der Waals surface area contributed by atoms with Gasteiger partial charge in [0, 0.05) is 29.2 Å². The van der Waals surface area contributed by atoms with Crippen molar-refractivity contribution in [3.8, 4) is 5.82 Å². The van der Waals surface area contributed by atoms with E-state index in [9.17, 15) is 15.0 Å². The molecule has 8 nitrogen and oxygen atoms in total. The molecule has 9 heteroatoms. The Kier molecular flexibility index (Phi) is 7.62. The summed E-state index contributed by atoms with van der Waals surface area (Å²) in [6.45, 7) is 3.57. The molecule has 1 aromatic carbocycles. The molecular weight excluding hydrogens is 418 g/mol. The second kappa shape index (κ2) is 10.4. The molecule has 0 fully saturated rings. The molecule has 1 amide bonds. The summed E-state index contributed by atoms with van der Waals surface area (Å²) in [5.41, 5.74) is 1.98. The average molecular weight is 444 g/mol. The molecule has 0 aliphatic carbocycles. The fourth-order valence-electron chi connectivity index (χ4n) is 3.09. The Morgan fingerprint density at radius 1 is 1.26 bits per heavy atom. The maximum atomic E-state index is 12.8. The molecule has 0 saturated carbocycles. The summed E-state index contributed by atoms with van der Waals surface area (Å²) in [4.78, 5) is 21.5. The van der Waals surface area contributed by atoms with Crippen LogP contribution in [0.1, 0.15) is 40.9 Å². The van der Waals surface area contributed by atoms with E-state index in [4.69, 9.17) is 11.6 Å². The molecule has 0 aliphatic rings. The first-order valence-corrected chi connectivity index (χ1v) is 10.4. The first-order chi connectivity index (χ1) is 14.9. The van der Waals surface area contributed by atoms with Crippen molar-refractivity contribution in [2.24, 2.45) is 0 Å². The first-order valence-electron chi connectivity index (χ1n) is 10.0. The number of nitrogens with one attached hydrogen (secondary N) is 2. The van der Waals surface area contributed by atoms with Gasteiger partial charge in [-0.25, -0.2) is 4.98 Å². The number of benzene rings is 1. The fraction of sp³-hybridized carbons (Fsp3) is 0.318. The minimum atomic E-state index is -0.574. The summed E-state index contributed by atoms with van der Waals surface area (Å²) in [5, 5.41) is 25.6. The van der Waals surface area contributed by atoms with Gasteiger partial charge in [-0.3, -0.25) is 4.79 Å². The Hall–Kier alpha value is -2.94. The number of carbonyl (C=O) groups excluding carboxylic acids is 1. The van der Waals surface area contributed by atoms with E-state index in [2.05, 4.69) is 20.6 Å². The second-order valence-corrected chi connectivity index (χ2v) is 7.64. The minimum Gasteiger partial charge on any atom is -0.394 e. The van der Waals surface area contributed by atoms with Gasteiger partial charge in [-0.05, 0) is 37.1 Å². The van der Waals surface area contributed by atoms with Crippen LogP contribution in [-0.2, 0) is 0 Å². The zero-order valence-corrected chi connectivity index (χ0v) is 18.2. The van der Waals surface area contributed by atoms with Crippen molar-refractivity contribution in [2.45, 2.75) is 32.4 Å². The number of rotatable bonds is 9. The van der Waals surface area contributed by atoms with E-state index >= 15 is 0 Å². The third kappa shape index (κ3) is 5.61. The van der Waals surface area contributed by atoms with Crippen LogP contribution in [0.15, 0.2) is 48.9 Å². The van der Waals surface area contributed by atoms with Gasteiger partial charge in [0.05, 0.1) is 30.9 Å². The highest BCUT2D eigenvalue weighted by Gasteiger charge is 2.17. The molecule has 4 N–H and O–H groups in total. The Morgan fingerprint density at radius 2 is 2.06 bits per heavy atom. The van der Waals surface area contributed by atoms with Gasteiger partial charge < -0.3 is 25.4 Å². The maximum absolute atomic E-state index is 12.8. The van der Waals surface area contributed by atoms with Gasteiger partial charge >= 0.3 is 0 Å². The van der Waals surface area contributed by atoms with Crippen LogP contribution in [0.5, 0.6) is 0 Å². The molecule has 0 saturated heterocycles. The zero-order chi connectivity index (χ0) is 22.4. The third-order valence-corrected chi connectivity index (χ3v) is 5.17. The molecule has 0 bridgehead atoms. The average Bonchev–Trinajstić information content (AvgIpc) is 3.27. The summed E-state index contributed by atoms with van der Waals surface area (Å²) >= 11 is 6.02. The van der Waals surface area contributed by atoms with E-state index in [-0.39, 0.29) is 25.2 Å². The second-order valence-electron chi connectivity index (χ2n) is 7.20. The topological polar surface area (TPSA) is 112 Å². The predicted molar refractivity (Wildman–Crippen MR) is 120 cm³/mol. The Morgan fingerprint density at radius 3 is 2.74 bits per heavy atom. The maximum Gasteiger partial charge on any atom is 0.253 e. The third-order valence-electron chi connectivity index (χ3n) is 4.93. The van der Waals surface area contributed by atoms with Crippen molar-refractivity contribution in [3.05, 3.63) is 70.6 Å². The fourth-order valence-corrected chi connectivity index (χ4v) is 3.28. The number of amides is 1. The molecule has 2 atom stereocenters. The molecule has 3 aromatic rings. The number of carbonyl (C=O) groups is 1. The molecule has 0 spiro atoms. The van der Waals surface area contributed by atoms with Gasteiger partial charge in [0.2, 0.25) is 5.95 Å². The number of nitrogens with zero attached hydrogens (tertiary/aromatic N) is 3. The molecule has 164 valence electrons. The van der Waals surface area contributed by atoms with E-state index in [1.54, 1.807) is 53.5 Å². The Bertz CT molecular complexity index is 1040. The van der Waals surface area contributed by atoms with Crippen molar-refractivity contribution in [1.82, 2.24) is 19.9 Å². The van der Waals surface area contributed by atoms with E-state index in [1.165, 1.54) is 0 Å². The minimum absolute atomic E-state index is 0.0183. The molecule has 1 unspecified atom stereocenters. The van der Waals surface area contributed by atoms with Gasteiger partial charge in [-0.1, -0.05) is 30.7 Å². The largest absolute Gasteiger partial charge is 0.394 e. The first kappa shape index (κ1) is 22.7. The van der Waals surface area contributed by atoms with Gasteiger partial charge in [0.15, 0.2) is 0 Å². The highest BCUT2D eigenvalue weighted by atomic mass is 35.5. The van der Waals surface area contributed by atoms with Gasteiger partial charge in [0.25, 0.3) is 5.91 Å². The van der Waals surface area contributed by atoms with Crippen LogP contribution < -0.4 is 10.6 Å². The predicted octanol–water partition coefficient (Wildman–Crippen LogP) is 2.88. The number of aromatic nitrogens is 3. The standard InChI is InChI=1S/C22H26ClN5O3/c1-3-18(12-29)25-22-24-10-14(2)20(27-22)28-8-7-16(11-28)21(31)26-19(13-30)15-5-4-6-17(23)9-15/h4-11,18-19,29-30H,3,12-13H2,1-2H3,(H,26,31)(H,24,25,27)/t18-,19?/m0/s1. The van der Waals surface area contributed by atoms with Crippen LogP contribution in [-0.4, -0.2) is 49.9 Å². The number of aryl methyl sites for hydroxylation is 1. The van der Waals surface area contributed by atoms with Crippen molar-refractivity contribution in [1.29, 1.82) is 0 Å². The van der Waals surface area contributed by atoms with Crippen molar-refractivity contribution >= 4 is 23.5 Å². The number of hydrogen-bond donors (Lipinski definition) is 4. The SMILES string of the molecule is CC[C@@H](CO)Nc1ncc(C)c(-n2ccc(C(=O)NC(CO)c3cccc(Cl)c3)c2)n1. The number of halogens is 1. The Labute approximate surface area is 185 Å². The molecule has 0 aliphatic heterocycles. The summed E-state index contributed by atoms with van der Waals surface area (Å²) < 4.78 is 1.74. The van der Waals surface area contributed by atoms with Crippen molar-refractivity contribution in [3.63, 3.8) is 0 Å². The summed E-state index contributed by atoms with van der Waals surface area (Å²) in [6, 6.07) is 7.98. The molecule has 2 aromatic heterocycles. The molecule has 31 heavy (non-hydrogen) atoms.